The second kappa shape index (κ2) is 8.10. The molecule has 0 spiro atoms. The number of pyridine rings is 1. The molecule has 1 aromatic carbocycles. The first-order chi connectivity index (χ1) is 14.5. The van der Waals surface area contributed by atoms with Gasteiger partial charge in [0, 0.05) is 11.5 Å². The van der Waals surface area contributed by atoms with E-state index in [0.29, 0.717) is 36.0 Å². The van der Waals surface area contributed by atoms with E-state index in [2.05, 4.69) is 20.3 Å². The fourth-order valence-corrected chi connectivity index (χ4v) is 3.73. The maximum atomic E-state index is 13.0. The Labute approximate surface area is 175 Å². The van der Waals surface area contributed by atoms with Crippen molar-refractivity contribution in [2.75, 3.05) is 19.0 Å². The summed E-state index contributed by atoms with van der Waals surface area (Å²) in [6.45, 7) is 4.11. The largest absolute Gasteiger partial charge is 0.495 e. The number of rotatable bonds is 7. The lowest BCUT2D eigenvalue weighted by Gasteiger charge is -2.19. The van der Waals surface area contributed by atoms with Crippen LogP contribution in [0.2, 0.25) is 0 Å². The molecule has 7 heteroatoms. The van der Waals surface area contributed by atoms with Crippen molar-refractivity contribution in [2.24, 2.45) is 5.92 Å². The Bertz CT molecular complexity index is 1060. The number of aromatic nitrogens is 3. The molecule has 1 aliphatic carbocycles. The molecular weight excluding hydrogens is 380 g/mol. The van der Waals surface area contributed by atoms with E-state index < -0.39 is 5.41 Å². The van der Waals surface area contributed by atoms with Crippen molar-refractivity contribution in [2.45, 2.75) is 25.7 Å². The van der Waals surface area contributed by atoms with Crippen molar-refractivity contribution < 1.29 is 14.3 Å². The summed E-state index contributed by atoms with van der Waals surface area (Å²) < 4.78 is 11.3. The topological polar surface area (TPSA) is 86.2 Å². The minimum absolute atomic E-state index is 0.0608. The van der Waals surface area contributed by atoms with E-state index in [1.165, 1.54) is 0 Å². The quantitative estimate of drug-likeness (QED) is 0.649. The summed E-state index contributed by atoms with van der Waals surface area (Å²) in [6, 6.07) is 11.8. The van der Waals surface area contributed by atoms with Gasteiger partial charge in [0.2, 0.25) is 5.91 Å². The number of nitrogens with one attached hydrogen (secondary N) is 1. The molecule has 4 rings (SSSR count). The molecule has 1 N–H and O–H groups in total. The van der Waals surface area contributed by atoms with Gasteiger partial charge in [0.15, 0.2) is 5.75 Å². The zero-order valence-electron chi connectivity index (χ0n) is 17.3. The maximum Gasteiger partial charge on any atom is 0.228 e. The van der Waals surface area contributed by atoms with Gasteiger partial charge in [-0.3, -0.25) is 9.78 Å². The highest BCUT2D eigenvalue weighted by molar-refractivity contribution is 5.96. The molecule has 2 aromatic heterocycles. The van der Waals surface area contributed by atoms with Gasteiger partial charge in [0.05, 0.1) is 49.6 Å². The second-order valence-electron chi connectivity index (χ2n) is 7.54. The smallest absolute Gasteiger partial charge is 0.228 e. The number of ether oxygens (including phenoxy) is 2. The summed E-state index contributed by atoms with van der Waals surface area (Å²) in [7, 11) is 1.57. The van der Waals surface area contributed by atoms with Gasteiger partial charge in [0.25, 0.3) is 0 Å². The lowest BCUT2D eigenvalue weighted by atomic mass is 9.93. The molecule has 154 valence electrons. The van der Waals surface area contributed by atoms with Crippen LogP contribution in [0.1, 0.15) is 23.5 Å². The van der Waals surface area contributed by atoms with E-state index in [1.54, 1.807) is 31.8 Å². The van der Waals surface area contributed by atoms with Gasteiger partial charge in [-0.2, -0.15) is 0 Å². The molecule has 7 nitrogen and oxygen atoms in total. The molecule has 1 aliphatic rings. The summed E-state index contributed by atoms with van der Waals surface area (Å²) >= 11 is 0. The molecule has 1 fully saturated rings. The van der Waals surface area contributed by atoms with Crippen LogP contribution < -0.4 is 14.8 Å². The Kier molecular flexibility index (Phi) is 5.35. The molecule has 1 saturated carbocycles. The molecule has 0 unspecified atom stereocenters. The number of nitrogens with zero attached hydrogens (tertiary/aromatic N) is 3. The zero-order valence-corrected chi connectivity index (χ0v) is 17.3. The van der Waals surface area contributed by atoms with Crippen LogP contribution in [0, 0.1) is 19.8 Å². The van der Waals surface area contributed by atoms with Gasteiger partial charge >= 0.3 is 0 Å². The van der Waals surface area contributed by atoms with Crippen LogP contribution in [0.4, 0.5) is 5.69 Å². The summed E-state index contributed by atoms with van der Waals surface area (Å²) in [5, 5.41) is 2.96. The molecule has 0 radical (unpaired) electrons. The van der Waals surface area contributed by atoms with E-state index in [-0.39, 0.29) is 11.8 Å². The van der Waals surface area contributed by atoms with E-state index in [1.807, 2.05) is 44.2 Å². The highest BCUT2D eigenvalue weighted by Gasteiger charge is 2.60. The third-order valence-corrected chi connectivity index (χ3v) is 5.50. The summed E-state index contributed by atoms with van der Waals surface area (Å²) in [6.07, 6.45) is 5.60. The Morgan fingerprint density at radius 3 is 2.73 bits per heavy atom. The van der Waals surface area contributed by atoms with Crippen molar-refractivity contribution in [3.05, 3.63) is 72.1 Å². The van der Waals surface area contributed by atoms with E-state index >= 15 is 0 Å². The summed E-state index contributed by atoms with van der Waals surface area (Å²) in [5.41, 5.74) is 2.08. The molecule has 0 saturated heterocycles. The van der Waals surface area contributed by atoms with Crippen LogP contribution in [0.5, 0.6) is 11.5 Å². The summed E-state index contributed by atoms with van der Waals surface area (Å²) in [4.78, 5) is 25.7. The van der Waals surface area contributed by atoms with Crippen LogP contribution in [0.25, 0.3) is 0 Å². The normalized spacial score (nSPS) is 19.8. The first-order valence-electron chi connectivity index (χ1n) is 9.80. The molecule has 30 heavy (non-hydrogen) atoms. The predicted molar refractivity (Wildman–Crippen MR) is 113 cm³/mol. The van der Waals surface area contributed by atoms with E-state index in [9.17, 15) is 4.79 Å². The van der Waals surface area contributed by atoms with Gasteiger partial charge in [-0.25, -0.2) is 9.97 Å². The molecule has 0 aliphatic heterocycles. The number of carbonyl (C=O) groups excluding carboxylic acids is 1. The number of hydrogen-bond acceptors (Lipinski definition) is 6. The van der Waals surface area contributed by atoms with Crippen molar-refractivity contribution in [1.82, 2.24) is 15.0 Å². The molecule has 0 bridgehead atoms. The van der Waals surface area contributed by atoms with Crippen LogP contribution in [-0.4, -0.2) is 34.6 Å². The number of aryl methyl sites for hydroxylation is 2. The minimum Gasteiger partial charge on any atom is -0.495 e. The number of amides is 1. The van der Waals surface area contributed by atoms with Gasteiger partial charge in [0.1, 0.15) is 11.6 Å². The molecule has 1 amide bonds. The standard InChI is InChI=1S/C23H24N4O3/c1-15-21(13-25-16(2)26-15)30-14-23(17-7-5-4-6-8-17)10-20(23)22(28)27-18-9-19(29-3)12-24-11-18/h4-9,11-13,20H,10,14H2,1-3H3,(H,27,28)/t20-,23+/m0/s1. The average Bonchev–Trinajstić information content (AvgIpc) is 3.50. The second-order valence-corrected chi connectivity index (χ2v) is 7.54. The molecule has 3 aromatic rings. The van der Waals surface area contributed by atoms with Gasteiger partial charge in [-0.1, -0.05) is 30.3 Å². The molecule has 2 atom stereocenters. The van der Waals surface area contributed by atoms with Crippen molar-refractivity contribution >= 4 is 11.6 Å². The highest BCUT2D eigenvalue weighted by Crippen LogP contribution is 2.55. The molecule has 2 heterocycles. The lowest BCUT2D eigenvalue weighted by molar-refractivity contribution is -0.117. The third kappa shape index (κ3) is 3.96. The van der Waals surface area contributed by atoms with Crippen molar-refractivity contribution in [1.29, 1.82) is 0 Å². The Hall–Kier alpha value is -3.48. The van der Waals surface area contributed by atoms with Crippen LogP contribution in [-0.2, 0) is 10.2 Å². The van der Waals surface area contributed by atoms with Crippen molar-refractivity contribution in [3.8, 4) is 11.5 Å². The van der Waals surface area contributed by atoms with Gasteiger partial charge in [-0.05, 0) is 25.8 Å². The number of hydrogen-bond donors (Lipinski definition) is 1. The Morgan fingerprint density at radius 2 is 2.00 bits per heavy atom. The van der Waals surface area contributed by atoms with E-state index in [0.717, 1.165) is 11.3 Å². The maximum absolute atomic E-state index is 13.0. The first-order valence-corrected chi connectivity index (χ1v) is 9.80. The number of anilines is 1. The number of carbonyl (C=O) groups is 1. The van der Waals surface area contributed by atoms with Crippen molar-refractivity contribution in [3.63, 3.8) is 0 Å². The predicted octanol–water partition coefficient (Wildman–Crippen LogP) is 3.47. The molecular formula is C23H24N4O3. The summed E-state index contributed by atoms with van der Waals surface area (Å²) in [5.74, 6) is 1.66. The Balaban J connectivity index is 1.53. The minimum atomic E-state index is -0.394. The van der Waals surface area contributed by atoms with Gasteiger partial charge < -0.3 is 14.8 Å². The van der Waals surface area contributed by atoms with Crippen LogP contribution in [0.3, 0.4) is 0 Å². The first kappa shape index (κ1) is 19.8. The lowest BCUT2D eigenvalue weighted by Crippen LogP contribution is -2.26. The van der Waals surface area contributed by atoms with Crippen LogP contribution in [0.15, 0.2) is 55.0 Å². The monoisotopic (exact) mass is 404 g/mol. The SMILES string of the molecule is COc1cncc(NC(=O)[C@@H]2C[C@@]2(COc2cnc(C)nc2C)c2ccccc2)c1. The van der Waals surface area contributed by atoms with Crippen LogP contribution >= 0.6 is 0 Å². The van der Waals surface area contributed by atoms with Gasteiger partial charge in [-0.15, -0.1) is 0 Å². The fraction of sp³-hybridized carbons (Fsp3) is 0.304. The number of methoxy groups -OCH3 is 1. The fourth-order valence-electron chi connectivity index (χ4n) is 3.73. The van der Waals surface area contributed by atoms with E-state index in [4.69, 9.17) is 9.47 Å². The zero-order chi connectivity index (χ0) is 21.1. The number of benzene rings is 1. The average molecular weight is 404 g/mol. The third-order valence-electron chi connectivity index (χ3n) is 5.50. The Morgan fingerprint density at radius 1 is 1.20 bits per heavy atom. The highest BCUT2D eigenvalue weighted by atomic mass is 16.5.